The summed E-state index contributed by atoms with van der Waals surface area (Å²) in [5, 5.41) is 3.17. The molecule has 0 spiro atoms. The predicted octanol–water partition coefficient (Wildman–Crippen LogP) is 3.59. The van der Waals surface area contributed by atoms with Gasteiger partial charge in [-0.15, -0.1) is 0 Å². The van der Waals surface area contributed by atoms with Crippen molar-refractivity contribution >= 4 is 42.6 Å². The zero-order chi connectivity index (χ0) is 22.1. The lowest BCUT2D eigenvalue weighted by atomic mass is 10.2. The van der Waals surface area contributed by atoms with Crippen LogP contribution in [0.15, 0.2) is 41.3 Å². The molecule has 0 aliphatic heterocycles. The van der Waals surface area contributed by atoms with Crippen molar-refractivity contribution in [1.29, 1.82) is 0 Å². The number of benzene rings is 2. The van der Waals surface area contributed by atoms with Crippen molar-refractivity contribution in [2.45, 2.75) is 24.8 Å². The number of hydrogen-bond acceptors (Lipinski definition) is 7. The number of fused-ring (bicyclic) bond motifs is 1. The summed E-state index contributed by atoms with van der Waals surface area (Å²) < 4.78 is 37.8. The molecule has 1 heterocycles. The fourth-order valence-electron chi connectivity index (χ4n) is 2.70. The van der Waals surface area contributed by atoms with E-state index in [1.807, 2.05) is 0 Å². The average molecular weight is 450 g/mol. The van der Waals surface area contributed by atoms with Gasteiger partial charge in [0.15, 0.2) is 16.6 Å². The van der Waals surface area contributed by atoms with E-state index in [1.165, 1.54) is 47.0 Å². The van der Waals surface area contributed by atoms with Gasteiger partial charge in [0.1, 0.15) is 0 Å². The van der Waals surface area contributed by atoms with Crippen LogP contribution >= 0.6 is 11.3 Å². The molecule has 0 saturated heterocycles. The minimum atomic E-state index is -3.60. The van der Waals surface area contributed by atoms with Crippen LogP contribution in [0.2, 0.25) is 0 Å². The molecule has 0 atom stereocenters. The van der Waals surface area contributed by atoms with Gasteiger partial charge >= 0.3 is 0 Å². The molecule has 30 heavy (non-hydrogen) atoms. The Bertz CT molecular complexity index is 1130. The first-order valence-corrected chi connectivity index (χ1v) is 11.3. The lowest BCUT2D eigenvalue weighted by Gasteiger charge is -2.20. The van der Waals surface area contributed by atoms with E-state index in [2.05, 4.69) is 10.3 Å². The summed E-state index contributed by atoms with van der Waals surface area (Å²) >= 11 is 1.30. The Morgan fingerprint density at radius 2 is 1.70 bits per heavy atom. The molecule has 160 valence electrons. The Morgan fingerprint density at radius 1 is 1.10 bits per heavy atom. The van der Waals surface area contributed by atoms with E-state index in [1.54, 1.807) is 40.2 Å². The number of amides is 1. The van der Waals surface area contributed by atoms with Gasteiger partial charge in [0.2, 0.25) is 10.0 Å². The molecule has 1 N–H and O–H groups in total. The van der Waals surface area contributed by atoms with Gasteiger partial charge in [-0.3, -0.25) is 10.1 Å². The monoisotopic (exact) mass is 449 g/mol. The molecule has 0 fully saturated rings. The van der Waals surface area contributed by atoms with Crippen LogP contribution in [0.25, 0.3) is 10.2 Å². The van der Waals surface area contributed by atoms with Gasteiger partial charge in [-0.05, 0) is 38.1 Å². The van der Waals surface area contributed by atoms with E-state index in [0.29, 0.717) is 27.7 Å². The smallest absolute Gasteiger partial charge is 0.257 e. The number of thiazole rings is 1. The fraction of sp³-hybridized carbons (Fsp3) is 0.300. The van der Waals surface area contributed by atoms with Crippen molar-refractivity contribution in [1.82, 2.24) is 9.29 Å². The molecule has 1 amide bonds. The Labute approximate surface area is 179 Å². The summed E-state index contributed by atoms with van der Waals surface area (Å²) in [4.78, 5) is 17.1. The molecule has 3 rings (SSSR count). The normalized spacial score (nSPS) is 11.8. The lowest BCUT2D eigenvalue weighted by Crippen LogP contribution is -2.33. The Hall–Kier alpha value is -2.69. The molecule has 8 nitrogen and oxygen atoms in total. The molecule has 0 aliphatic rings. The largest absolute Gasteiger partial charge is 0.493 e. The second-order valence-electron chi connectivity index (χ2n) is 6.79. The minimum Gasteiger partial charge on any atom is -0.493 e. The molecule has 0 radical (unpaired) electrons. The maximum absolute atomic E-state index is 12.6. The topological polar surface area (TPSA) is 97.8 Å². The van der Waals surface area contributed by atoms with Gasteiger partial charge in [0, 0.05) is 30.8 Å². The van der Waals surface area contributed by atoms with Crippen LogP contribution in [0.5, 0.6) is 11.5 Å². The van der Waals surface area contributed by atoms with Crippen LogP contribution in [0.1, 0.15) is 24.2 Å². The van der Waals surface area contributed by atoms with Crippen molar-refractivity contribution in [3.8, 4) is 11.5 Å². The highest BCUT2D eigenvalue weighted by atomic mass is 32.2. The van der Waals surface area contributed by atoms with Gasteiger partial charge < -0.3 is 9.47 Å². The van der Waals surface area contributed by atoms with Crippen molar-refractivity contribution < 1.29 is 22.7 Å². The van der Waals surface area contributed by atoms with Gasteiger partial charge in [-0.25, -0.2) is 13.4 Å². The summed E-state index contributed by atoms with van der Waals surface area (Å²) in [5.41, 5.74) is 1.00. The van der Waals surface area contributed by atoms with E-state index in [0.717, 1.165) is 4.70 Å². The molecular weight excluding hydrogens is 426 g/mol. The van der Waals surface area contributed by atoms with E-state index in [9.17, 15) is 13.2 Å². The van der Waals surface area contributed by atoms with Gasteiger partial charge in [-0.2, -0.15) is 4.31 Å². The number of nitrogens with one attached hydrogen (secondary N) is 1. The summed E-state index contributed by atoms with van der Waals surface area (Å²) in [5.74, 6) is 0.750. The van der Waals surface area contributed by atoms with Crippen LogP contribution in [-0.2, 0) is 10.0 Å². The Morgan fingerprint density at radius 3 is 2.27 bits per heavy atom. The van der Waals surface area contributed by atoms with Crippen molar-refractivity contribution in [2.24, 2.45) is 0 Å². The number of rotatable bonds is 7. The fourth-order valence-corrected chi connectivity index (χ4v) is 4.94. The van der Waals surface area contributed by atoms with Crippen LogP contribution in [0, 0.1) is 0 Å². The SMILES string of the molecule is COc1cc2nc(NC(=O)c3ccc(S(=O)(=O)N(C)C(C)C)cc3)sc2cc1OC. The number of nitrogens with zero attached hydrogens (tertiary/aromatic N) is 2. The standard InChI is InChI=1S/C20H23N3O5S2/c1-12(2)23(3)30(25,26)14-8-6-13(7-9-14)19(24)22-20-21-15-10-16(27-4)17(28-5)11-18(15)29-20/h6-12H,1-5H3,(H,21,22,24). The maximum atomic E-state index is 12.6. The van der Waals surface area contributed by atoms with Crippen molar-refractivity contribution in [3.05, 3.63) is 42.0 Å². The molecule has 0 bridgehead atoms. The number of carbonyl (C=O) groups excluding carboxylic acids is 1. The number of sulfonamides is 1. The van der Waals surface area contributed by atoms with E-state index in [-0.39, 0.29) is 16.8 Å². The highest BCUT2D eigenvalue weighted by Crippen LogP contribution is 2.36. The lowest BCUT2D eigenvalue weighted by molar-refractivity contribution is 0.102. The summed E-state index contributed by atoms with van der Waals surface area (Å²) in [6.07, 6.45) is 0. The Kier molecular flexibility index (Phi) is 6.30. The average Bonchev–Trinajstić information content (AvgIpc) is 3.12. The third-order valence-electron chi connectivity index (χ3n) is 4.63. The highest BCUT2D eigenvalue weighted by Gasteiger charge is 2.23. The number of aromatic nitrogens is 1. The molecule has 0 aliphatic carbocycles. The van der Waals surface area contributed by atoms with Crippen molar-refractivity contribution in [2.75, 3.05) is 26.6 Å². The molecule has 10 heteroatoms. The number of ether oxygens (including phenoxy) is 2. The molecule has 2 aromatic carbocycles. The van der Waals surface area contributed by atoms with Crippen LogP contribution < -0.4 is 14.8 Å². The van der Waals surface area contributed by atoms with Crippen LogP contribution in [0.3, 0.4) is 0 Å². The third kappa shape index (κ3) is 4.25. The number of carbonyl (C=O) groups is 1. The third-order valence-corrected chi connectivity index (χ3v) is 7.62. The quantitative estimate of drug-likeness (QED) is 0.592. The second kappa shape index (κ2) is 8.58. The molecule has 3 aromatic rings. The van der Waals surface area contributed by atoms with Crippen LogP contribution in [0.4, 0.5) is 5.13 Å². The van der Waals surface area contributed by atoms with E-state index < -0.39 is 10.0 Å². The molecule has 0 unspecified atom stereocenters. The molecular formula is C20H23N3O5S2. The second-order valence-corrected chi connectivity index (χ2v) is 9.82. The number of hydrogen-bond donors (Lipinski definition) is 1. The highest BCUT2D eigenvalue weighted by molar-refractivity contribution is 7.89. The zero-order valence-corrected chi connectivity index (χ0v) is 18.9. The van der Waals surface area contributed by atoms with Crippen LogP contribution in [-0.4, -0.2) is 50.9 Å². The summed E-state index contributed by atoms with van der Waals surface area (Å²) in [6.45, 7) is 3.59. The first kappa shape index (κ1) is 22.0. The zero-order valence-electron chi connectivity index (χ0n) is 17.3. The summed E-state index contributed by atoms with van der Waals surface area (Å²) in [6, 6.07) is 9.19. The first-order valence-electron chi connectivity index (χ1n) is 9.09. The first-order chi connectivity index (χ1) is 14.2. The maximum Gasteiger partial charge on any atom is 0.257 e. The van der Waals surface area contributed by atoms with Gasteiger partial charge in [-0.1, -0.05) is 11.3 Å². The van der Waals surface area contributed by atoms with E-state index >= 15 is 0 Å². The van der Waals surface area contributed by atoms with E-state index in [4.69, 9.17) is 9.47 Å². The summed E-state index contributed by atoms with van der Waals surface area (Å²) in [7, 11) is 1.02. The van der Waals surface area contributed by atoms with Gasteiger partial charge in [0.05, 0.1) is 29.3 Å². The van der Waals surface area contributed by atoms with Gasteiger partial charge in [0.25, 0.3) is 5.91 Å². The number of methoxy groups -OCH3 is 2. The minimum absolute atomic E-state index is 0.134. The Balaban J connectivity index is 1.81. The molecule has 0 saturated carbocycles. The van der Waals surface area contributed by atoms with Crippen molar-refractivity contribution in [3.63, 3.8) is 0 Å². The molecule has 1 aromatic heterocycles. The predicted molar refractivity (Wildman–Crippen MR) is 117 cm³/mol. The number of anilines is 1.